The zero-order chi connectivity index (χ0) is 12.3. The molecule has 0 aliphatic rings. The fourth-order valence-corrected chi connectivity index (χ4v) is 1.39. The Morgan fingerprint density at radius 2 is 2.12 bits per heavy atom. The van der Waals surface area contributed by atoms with Crippen LogP contribution in [0.3, 0.4) is 0 Å². The van der Waals surface area contributed by atoms with Gasteiger partial charge in [0.2, 0.25) is 0 Å². The van der Waals surface area contributed by atoms with Crippen LogP contribution in [0.25, 0.3) is 0 Å². The number of anilines is 2. The van der Waals surface area contributed by atoms with E-state index in [9.17, 15) is 4.79 Å². The third-order valence-corrected chi connectivity index (χ3v) is 2.27. The molecular weight excluding hydrogens is 216 g/mol. The van der Waals surface area contributed by atoms with Gasteiger partial charge in [0.25, 0.3) is 5.91 Å². The average Bonchev–Trinajstić information content (AvgIpc) is 2.32. The van der Waals surface area contributed by atoms with Gasteiger partial charge in [-0.05, 0) is 30.7 Å². The number of hydrogen-bond acceptors (Lipinski definition) is 4. The van der Waals surface area contributed by atoms with E-state index in [1.54, 1.807) is 24.4 Å². The van der Waals surface area contributed by atoms with Gasteiger partial charge in [-0.2, -0.15) is 0 Å². The highest BCUT2D eigenvalue weighted by Crippen LogP contribution is 2.10. The van der Waals surface area contributed by atoms with E-state index >= 15 is 0 Å². The number of carbonyl (C=O) groups excluding carboxylic acids is 1. The quantitative estimate of drug-likeness (QED) is 0.818. The fourth-order valence-electron chi connectivity index (χ4n) is 1.39. The smallest absolute Gasteiger partial charge is 0.274 e. The lowest BCUT2D eigenvalue weighted by Gasteiger charge is -2.06. The van der Waals surface area contributed by atoms with Crippen molar-refractivity contribution in [2.45, 2.75) is 6.92 Å². The Balaban J connectivity index is 2.17. The highest BCUT2D eigenvalue weighted by atomic mass is 16.1. The Labute approximate surface area is 98.7 Å². The number of nitrogens with one attached hydrogen (secondary N) is 1. The van der Waals surface area contributed by atoms with Crippen LogP contribution in [0, 0.1) is 6.92 Å². The number of pyridine rings is 2. The Hall–Kier alpha value is -2.43. The second-order valence-corrected chi connectivity index (χ2v) is 3.59. The van der Waals surface area contributed by atoms with Crippen molar-refractivity contribution in [3.8, 4) is 0 Å². The molecule has 1 amide bonds. The van der Waals surface area contributed by atoms with Gasteiger partial charge in [0, 0.05) is 6.20 Å². The third kappa shape index (κ3) is 2.57. The SMILES string of the molecule is Cc1cccnc1C(=O)Nc1ccc(N)nc1. The number of rotatable bonds is 2. The lowest BCUT2D eigenvalue weighted by molar-refractivity contribution is 0.102. The van der Waals surface area contributed by atoms with Crippen molar-refractivity contribution in [3.63, 3.8) is 0 Å². The average molecular weight is 228 g/mol. The number of amides is 1. The van der Waals surface area contributed by atoms with Crippen molar-refractivity contribution in [1.29, 1.82) is 0 Å². The first-order chi connectivity index (χ1) is 8.16. The number of nitrogens with zero attached hydrogens (tertiary/aromatic N) is 2. The molecular formula is C12H12N4O. The number of nitrogen functional groups attached to an aromatic ring is 1. The molecule has 3 N–H and O–H groups in total. The molecule has 0 atom stereocenters. The standard InChI is InChI=1S/C12H12N4O/c1-8-3-2-6-14-11(8)12(17)16-9-4-5-10(13)15-7-9/h2-7H,1H3,(H2,13,15)(H,16,17). The number of carbonyl (C=O) groups is 1. The van der Waals surface area contributed by atoms with Crippen molar-refractivity contribution in [2.24, 2.45) is 0 Å². The Bertz CT molecular complexity index is 536. The van der Waals surface area contributed by atoms with Crippen molar-refractivity contribution in [1.82, 2.24) is 9.97 Å². The monoisotopic (exact) mass is 228 g/mol. The van der Waals surface area contributed by atoms with E-state index in [1.807, 2.05) is 13.0 Å². The molecule has 86 valence electrons. The van der Waals surface area contributed by atoms with Crippen LogP contribution >= 0.6 is 0 Å². The van der Waals surface area contributed by atoms with Crippen LogP contribution in [-0.4, -0.2) is 15.9 Å². The predicted octanol–water partition coefficient (Wildman–Crippen LogP) is 1.62. The van der Waals surface area contributed by atoms with Gasteiger partial charge >= 0.3 is 0 Å². The zero-order valence-electron chi connectivity index (χ0n) is 9.34. The fraction of sp³-hybridized carbons (Fsp3) is 0.0833. The molecule has 2 aromatic heterocycles. The van der Waals surface area contributed by atoms with E-state index < -0.39 is 0 Å². The van der Waals surface area contributed by atoms with Crippen LogP contribution in [0.4, 0.5) is 11.5 Å². The molecule has 17 heavy (non-hydrogen) atoms. The van der Waals surface area contributed by atoms with Crippen LogP contribution in [0.2, 0.25) is 0 Å². The summed E-state index contributed by atoms with van der Waals surface area (Å²) in [5, 5.41) is 2.71. The van der Waals surface area contributed by atoms with Gasteiger partial charge in [0.05, 0.1) is 11.9 Å². The van der Waals surface area contributed by atoms with Gasteiger partial charge in [0.15, 0.2) is 0 Å². The summed E-state index contributed by atoms with van der Waals surface area (Å²) in [5.41, 5.74) is 7.28. The topological polar surface area (TPSA) is 80.9 Å². The molecule has 0 aliphatic carbocycles. The summed E-state index contributed by atoms with van der Waals surface area (Å²) in [6, 6.07) is 6.94. The molecule has 0 fully saturated rings. The van der Waals surface area contributed by atoms with E-state index in [0.717, 1.165) is 5.56 Å². The normalized spacial score (nSPS) is 9.94. The largest absolute Gasteiger partial charge is 0.384 e. The molecule has 0 saturated heterocycles. The minimum absolute atomic E-state index is 0.255. The third-order valence-electron chi connectivity index (χ3n) is 2.27. The maximum absolute atomic E-state index is 11.9. The summed E-state index contributed by atoms with van der Waals surface area (Å²) in [6.45, 7) is 1.84. The molecule has 2 rings (SSSR count). The first-order valence-electron chi connectivity index (χ1n) is 5.11. The zero-order valence-corrected chi connectivity index (χ0v) is 9.34. The van der Waals surface area contributed by atoms with Crippen molar-refractivity contribution < 1.29 is 4.79 Å². The second kappa shape index (κ2) is 4.61. The van der Waals surface area contributed by atoms with Crippen LogP contribution in [-0.2, 0) is 0 Å². The van der Waals surface area contributed by atoms with Crippen LogP contribution in [0.15, 0.2) is 36.7 Å². The summed E-state index contributed by atoms with van der Waals surface area (Å²) in [5.74, 6) is 0.159. The molecule has 0 spiro atoms. The minimum Gasteiger partial charge on any atom is -0.384 e. The molecule has 0 radical (unpaired) electrons. The summed E-state index contributed by atoms with van der Waals surface area (Å²) in [6.07, 6.45) is 3.09. The second-order valence-electron chi connectivity index (χ2n) is 3.59. The van der Waals surface area contributed by atoms with Gasteiger partial charge in [-0.25, -0.2) is 4.98 Å². The molecule has 0 unspecified atom stereocenters. The molecule has 2 aromatic rings. The molecule has 5 nitrogen and oxygen atoms in total. The summed E-state index contributed by atoms with van der Waals surface area (Å²) in [4.78, 5) is 19.8. The molecule has 2 heterocycles. The van der Waals surface area contributed by atoms with Gasteiger partial charge in [0.1, 0.15) is 11.5 Å². The highest BCUT2D eigenvalue weighted by Gasteiger charge is 2.09. The lowest BCUT2D eigenvalue weighted by atomic mass is 10.2. The molecule has 0 aromatic carbocycles. The summed E-state index contributed by atoms with van der Waals surface area (Å²) in [7, 11) is 0. The van der Waals surface area contributed by atoms with Crippen molar-refractivity contribution in [2.75, 3.05) is 11.1 Å². The molecule has 5 heteroatoms. The van der Waals surface area contributed by atoms with E-state index in [4.69, 9.17) is 5.73 Å². The summed E-state index contributed by atoms with van der Waals surface area (Å²) >= 11 is 0. The highest BCUT2D eigenvalue weighted by molar-refractivity contribution is 6.03. The van der Waals surface area contributed by atoms with Crippen molar-refractivity contribution in [3.05, 3.63) is 47.9 Å². The number of hydrogen-bond donors (Lipinski definition) is 2. The Morgan fingerprint density at radius 1 is 1.29 bits per heavy atom. The van der Waals surface area contributed by atoms with Gasteiger partial charge in [-0.15, -0.1) is 0 Å². The van der Waals surface area contributed by atoms with Crippen LogP contribution in [0.5, 0.6) is 0 Å². The molecule has 0 bridgehead atoms. The van der Waals surface area contributed by atoms with Crippen molar-refractivity contribution >= 4 is 17.4 Å². The van der Waals surface area contributed by atoms with E-state index in [2.05, 4.69) is 15.3 Å². The molecule has 0 saturated carbocycles. The first kappa shape index (κ1) is 11.1. The maximum atomic E-state index is 11.9. The van der Waals surface area contributed by atoms with E-state index in [0.29, 0.717) is 17.2 Å². The predicted molar refractivity (Wildman–Crippen MR) is 65.6 cm³/mol. The first-order valence-corrected chi connectivity index (χ1v) is 5.11. The number of aryl methyl sites for hydroxylation is 1. The van der Waals surface area contributed by atoms with Gasteiger partial charge < -0.3 is 11.1 Å². The van der Waals surface area contributed by atoms with E-state index in [-0.39, 0.29) is 5.91 Å². The number of aromatic nitrogens is 2. The molecule has 0 aliphatic heterocycles. The van der Waals surface area contributed by atoms with Crippen LogP contribution in [0.1, 0.15) is 16.1 Å². The Kier molecular flexibility index (Phi) is 3.00. The Morgan fingerprint density at radius 3 is 2.76 bits per heavy atom. The summed E-state index contributed by atoms with van der Waals surface area (Å²) < 4.78 is 0. The van der Waals surface area contributed by atoms with Crippen LogP contribution < -0.4 is 11.1 Å². The van der Waals surface area contributed by atoms with Gasteiger partial charge in [-0.3, -0.25) is 9.78 Å². The van der Waals surface area contributed by atoms with Gasteiger partial charge in [-0.1, -0.05) is 6.07 Å². The maximum Gasteiger partial charge on any atom is 0.274 e. The minimum atomic E-state index is -0.255. The lowest BCUT2D eigenvalue weighted by Crippen LogP contribution is -2.15. The number of nitrogens with two attached hydrogens (primary N) is 1. The van der Waals surface area contributed by atoms with E-state index in [1.165, 1.54) is 6.20 Å².